The Bertz CT molecular complexity index is 1330. The standard InChI is InChI=1S/C25H24F2N4O3/c1-25(2,33)15-9-7-14(8-10-15)17-11-12-20-29-22-18(32)13-28-21(23(22)31(20)30-17)16-5-3-4-6-19(16)34-24(26)27/h3-12,18,21,24,28,32-33H,13H2,1-2H3/t18-,21-/m0/s1. The number of aliphatic hydroxyl groups excluding tert-OH is 1. The summed E-state index contributed by atoms with van der Waals surface area (Å²) in [5.74, 6) is 0.0469. The lowest BCUT2D eigenvalue weighted by molar-refractivity contribution is -0.0507. The van der Waals surface area contributed by atoms with E-state index in [-0.39, 0.29) is 12.3 Å². The molecule has 3 heterocycles. The van der Waals surface area contributed by atoms with E-state index < -0.39 is 24.4 Å². The van der Waals surface area contributed by atoms with Crippen LogP contribution in [0.1, 0.15) is 48.5 Å². The Labute approximate surface area is 194 Å². The zero-order valence-corrected chi connectivity index (χ0v) is 18.6. The Morgan fingerprint density at radius 1 is 1.09 bits per heavy atom. The van der Waals surface area contributed by atoms with Crippen molar-refractivity contribution in [2.75, 3.05) is 6.54 Å². The number of nitrogens with zero attached hydrogens (tertiary/aromatic N) is 3. The molecule has 5 rings (SSSR count). The highest BCUT2D eigenvalue weighted by Crippen LogP contribution is 2.37. The van der Waals surface area contributed by atoms with E-state index in [2.05, 4.69) is 10.3 Å². The quantitative estimate of drug-likeness (QED) is 0.413. The first-order chi connectivity index (χ1) is 16.2. The zero-order chi connectivity index (χ0) is 24.0. The molecule has 1 aliphatic heterocycles. The Balaban J connectivity index is 1.63. The van der Waals surface area contributed by atoms with Gasteiger partial charge in [-0.2, -0.15) is 13.9 Å². The van der Waals surface area contributed by atoms with Gasteiger partial charge < -0.3 is 20.3 Å². The topological polar surface area (TPSA) is 91.9 Å². The molecule has 34 heavy (non-hydrogen) atoms. The third-order valence-electron chi connectivity index (χ3n) is 5.98. The summed E-state index contributed by atoms with van der Waals surface area (Å²) in [6.45, 7) is 0.681. The average Bonchev–Trinajstić information content (AvgIpc) is 3.19. The van der Waals surface area contributed by atoms with Gasteiger partial charge in [-0.05, 0) is 37.6 Å². The number of aliphatic hydroxyl groups is 2. The molecule has 2 aromatic carbocycles. The van der Waals surface area contributed by atoms with Crippen molar-refractivity contribution in [2.45, 2.75) is 38.2 Å². The molecule has 176 valence electrons. The molecule has 0 radical (unpaired) electrons. The maximum atomic E-state index is 13.0. The first-order valence-corrected chi connectivity index (χ1v) is 10.9. The number of β-amino-alcohol motifs (C(OH)–C–C–N with tert-alkyl or cyclic N) is 1. The number of para-hydroxylation sites is 1. The second-order valence-electron chi connectivity index (χ2n) is 8.78. The van der Waals surface area contributed by atoms with Gasteiger partial charge in [-0.15, -0.1) is 0 Å². The number of hydrogen-bond donors (Lipinski definition) is 3. The van der Waals surface area contributed by atoms with Gasteiger partial charge in [0.15, 0.2) is 5.65 Å². The van der Waals surface area contributed by atoms with Crippen molar-refractivity contribution in [3.05, 3.63) is 83.2 Å². The Kier molecular flexibility index (Phi) is 5.55. The van der Waals surface area contributed by atoms with Gasteiger partial charge in [0.1, 0.15) is 11.9 Å². The summed E-state index contributed by atoms with van der Waals surface area (Å²) in [5.41, 5.74) is 3.35. The number of fused-ring (bicyclic) bond motifs is 3. The van der Waals surface area contributed by atoms with E-state index >= 15 is 0 Å². The number of halogens is 2. The summed E-state index contributed by atoms with van der Waals surface area (Å²) in [4.78, 5) is 4.57. The van der Waals surface area contributed by atoms with Crippen LogP contribution in [0.3, 0.4) is 0 Å². The predicted molar refractivity (Wildman–Crippen MR) is 122 cm³/mol. The van der Waals surface area contributed by atoms with E-state index in [9.17, 15) is 19.0 Å². The first-order valence-electron chi connectivity index (χ1n) is 10.9. The molecule has 0 unspecified atom stereocenters. The minimum Gasteiger partial charge on any atom is -0.434 e. The van der Waals surface area contributed by atoms with Crippen LogP contribution in [0.4, 0.5) is 8.78 Å². The van der Waals surface area contributed by atoms with Crippen LogP contribution in [0.15, 0.2) is 60.7 Å². The fourth-order valence-corrected chi connectivity index (χ4v) is 4.29. The van der Waals surface area contributed by atoms with Gasteiger partial charge in [0, 0.05) is 17.7 Å². The maximum Gasteiger partial charge on any atom is 0.387 e. The van der Waals surface area contributed by atoms with E-state index in [1.54, 1.807) is 42.6 Å². The summed E-state index contributed by atoms with van der Waals surface area (Å²) < 4.78 is 32.5. The molecule has 9 heteroatoms. The summed E-state index contributed by atoms with van der Waals surface area (Å²) >= 11 is 0. The van der Waals surface area contributed by atoms with Crippen molar-refractivity contribution < 1.29 is 23.7 Å². The number of benzene rings is 2. The smallest absolute Gasteiger partial charge is 0.387 e. The fourth-order valence-electron chi connectivity index (χ4n) is 4.29. The molecule has 3 N–H and O–H groups in total. The van der Waals surface area contributed by atoms with Gasteiger partial charge in [0.05, 0.1) is 28.7 Å². The summed E-state index contributed by atoms with van der Waals surface area (Å²) in [6.07, 6.45) is -0.870. The van der Waals surface area contributed by atoms with Crippen molar-refractivity contribution >= 4 is 5.65 Å². The predicted octanol–water partition coefficient (Wildman–Crippen LogP) is 3.95. The van der Waals surface area contributed by atoms with Crippen molar-refractivity contribution in [1.29, 1.82) is 0 Å². The molecule has 0 amide bonds. The monoisotopic (exact) mass is 466 g/mol. The minimum atomic E-state index is -2.96. The van der Waals surface area contributed by atoms with Gasteiger partial charge in [-0.25, -0.2) is 9.50 Å². The summed E-state index contributed by atoms with van der Waals surface area (Å²) in [6, 6.07) is 17.1. The third kappa shape index (κ3) is 4.02. The van der Waals surface area contributed by atoms with Crippen LogP contribution in [0.2, 0.25) is 0 Å². The summed E-state index contributed by atoms with van der Waals surface area (Å²) in [7, 11) is 0. The van der Waals surface area contributed by atoms with Crippen LogP contribution >= 0.6 is 0 Å². The lowest BCUT2D eigenvalue weighted by Crippen LogP contribution is -2.35. The Morgan fingerprint density at radius 2 is 1.82 bits per heavy atom. The van der Waals surface area contributed by atoms with Gasteiger partial charge in [-0.1, -0.05) is 42.5 Å². The largest absolute Gasteiger partial charge is 0.434 e. The van der Waals surface area contributed by atoms with E-state index in [1.165, 1.54) is 6.07 Å². The van der Waals surface area contributed by atoms with Crippen molar-refractivity contribution in [3.63, 3.8) is 0 Å². The third-order valence-corrected chi connectivity index (χ3v) is 5.98. The molecule has 4 aromatic rings. The fraction of sp³-hybridized carbons (Fsp3) is 0.280. The van der Waals surface area contributed by atoms with Crippen LogP contribution in [0.25, 0.3) is 16.9 Å². The molecule has 0 saturated heterocycles. The number of ether oxygens (including phenoxy) is 1. The van der Waals surface area contributed by atoms with Gasteiger partial charge in [-0.3, -0.25) is 0 Å². The molecule has 7 nitrogen and oxygen atoms in total. The Hall–Kier alpha value is -3.40. The molecule has 1 aliphatic rings. The number of rotatable bonds is 5. The van der Waals surface area contributed by atoms with E-state index in [0.717, 1.165) is 11.1 Å². The molecule has 0 bridgehead atoms. The second kappa shape index (κ2) is 8.43. The molecule has 2 atom stereocenters. The number of nitrogens with one attached hydrogen (secondary N) is 1. The van der Waals surface area contributed by atoms with Crippen molar-refractivity contribution in [2.24, 2.45) is 0 Å². The molecule has 0 spiro atoms. The number of imidazole rings is 1. The second-order valence-corrected chi connectivity index (χ2v) is 8.78. The maximum absolute atomic E-state index is 13.0. The molecule has 0 fully saturated rings. The van der Waals surface area contributed by atoms with Gasteiger partial charge >= 0.3 is 6.61 Å². The van der Waals surface area contributed by atoms with Crippen LogP contribution in [0, 0.1) is 0 Å². The normalized spacial score (nSPS) is 18.3. The van der Waals surface area contributed by atoms with Crippen LogP contribution in [-0.4, -0.2) is 38.0 Å². The number of aromatic nitrogens is 3. The average molecular weight is 466 g/mol. The SMILES string of the molecule is CC(C)(O)c1ccc(-c2ccc3nc4c(n3n2)[C@H](c2ccccc2OC(F)F)NC[C@@H]4O)cc1. The van der Waals surface area contributed by atoms with Crippen molar-refractivity contribution in [3.8, 4) is 17.0 Å². The van der Waals surface area contributed by atoms with Gasteiger partial charge in [0.25, 0.3) is 0 Å². The lowest BCUT2D eigenvalue weighted by Gasteiger charge is -2.28. The molecule has 0 aliphatic carbocycles. The molecular weight excluding hydrogens is 442 g/mol. The van der Waals surface area contributed by atoms with Crippen LogP contribution < -0.4 is 10.1 Å². The lowest BCUT2D eigenvalue weighted by atomic mass is 9.96. The first kappa shape index (κ1) is 22.4. The van der Waals surface area contributed by atoms with Crippen LogP contribution in [0.5, 0.6) is 5.75 Å². The van der Waals surface area contributed by atoms with E-state index in [1.807, 2.05) is 30.3 Å². The molecular formula is C25H24F2N4O3. The Morgan fingerprint density at radius 3 is 2.53 bits per heavy atom. The number of alkyl halides is 2. The van der Waals surface area contributed by atoms with Crippen molar-refractivity contribution in [1.82, 2.24) is 19.9 Å². The highest BCUT2D eigenvalue weighted by Gasteiger charge is 2.34. The highest BCUT2D eigenvalue weighted by molar-refractivity contribution is 5.62. The molecule has 2 aromatic heterocycles. The van der Waals surface area contributed by atoms with E-state index in [4.69, 9.17) is 9.84 Å². The highest BCUT2D eigenvalue weighted by atomic mass is 19.3. The zero-order valence-electron chi connectivity index (χ0n) is 18.6. The van der Waals surface area contributed by atoms with Crippen LogP contribution in [-0.2, 0) is 5.60 Å². The van der Waals surface area contributed by atoms with E-state index in [0.29, 0.717) is 28.3 Å². The molecule has 0 saturated carbocycles. The summed E-state index contributed by atoms with van der Waals surface area (Å²) in [5, 5.41) is 28.8. The minimum absolute atomic E-state index is 0.0469. The number of hydrogen-bond acceptors (Lipinski definition) is 6. The van der Waals surface area contributed by atoms with Gasteiger partial charge in [0.2, 0.25) is 0 Å².